The number of rotatable bonds is 6. The summed E-state index contributed by atoms with van der Waals surface area (Å²) in [5.74, 6) is -0.967. The number of likely N-dealkylation sites (tertiary alicyclic amines) is 1. The number of non-ortho nitro benzene ring substituents is 1. The van der Waals surface area contributed by atoms with Crippen LogP contribution < -0.4 is 5.32 Å². The molecule has 0 bridgehead atoms. The minimum absolute atomic E-state index is 0.0465. The molecule has 1 N–H and O–H groups in total. The SMILES string of the molecule is O=C1Nc2ccc([N+](=O)[O-])cc2C1C(=Nc1ccc(CN2CCCCC2)cc1)c1ccccc1. The number of fused-ring (bicyclic) bond motifs is 1. The third kappa shape index (κ3) is 4.61. The second-order valence-corrected chi connectivity index (χ2v) is 8.82. The van der Waals surface area contributed by atoms with Gasteiger partial charge in [0.05, 0.1) is 16.3 Å². The maximum absolute atomic E-state index is 13.0. The smallest absolute Gasteiger partial charge is 0.269 e. The molecule has 0 aromatic heterocycles. The van der Waals surface area contributed by atoms with Gasteiger partial charge in [0.15, 0.2) is 0 Å². The van der Waals surface area contributed by atoms with Crippen molar-refractivity contribution in [2.75, 3.05) is 18.4 Å². The van der Waals surface area contributed by atoms with Crippen LogP contribution in [-0.4, -0.2) is 34.5 Å². The van der Waals surface area contributed by atoms with Crippen LogP contribution in [0.25, 0.3) is 0 Å². The fourth-order valence-corrected chi connectivity index (χ4v) is 4.73. The molecule has 0 spiro atoms. The van der Waals surface area contributed by atoms with Crippen molar-refractivity contribution >= 4 is 28.7 Å². The van der Waals surface area contributed by atoms with Gasteiger partial charge in [0.1, 0.15) is 5.92 Å². The zero-order valence-electron chi connectivity index (χ0n) is 18.8. The first-order valence-corrected chi connectivity index (χ1v) is 11.6. The highest BCUT2D eigenvalue weighted by atomic mass is 16.6. The summed E-state index contributed by atoms with van der Waals surface area (Å²) in [6.07, 6.45) is 3.82. The number of carbonyl (C=O) groups is 1. The quantitative estimate of drug-likeness (QED) is 0.305. The van der Waals surface area contributed by atoms with Crippen LogP contribution >= 0.6 is 0 Å². The molecule has 1 atom stereocenters. The van der Waals surface area contributed by atoms with Gasteiger partial charge in [-0.05, 0) is 55.3 Å². The Balaban J connectivity index is 1.50. The molecule has 1 unspecified atom stereocenters. The minimum atomic E-state index is -0.731. The number of carbonyl (C=O) groups excluding carboxylic acids is 1. The Hall–Kier alpha value is -3.84. The summed E-state index contributed by atoms with van der Waals surface area (Å²) >= 11 is 0. The summed E-state index contributed by atoms with van der Waals surface area (Å²) in [6.45, 7) is 3.21. The molecular weight excluding hydrogens is 428 g/mol. The number of amides is 1. The zero-order valence-corrected chi connectivity index (χ0v) is 18.8. The Kier molecular flexibility index (Phi) is 6.18. The van der Waals surface area contributed by atoms with E-state index in [1.54, 1.807) is 6.07 Å². The molecule has 172 valence electrons. The lowest BCUT2D eigenvalue weighted by Crippen LogP contribution is -2.28. The van der Waals surface area contributed by atoms with Gasteiger partial charge in [0, 0.05) is 29.9 Å². The van der Waals surface area contributed by atoms with Gasteiger partial charge >= 0.3 is 0 Å². The molecular formula is C27H26N4O3. The Morgan fingerprint density at radius 2 is 1.74 bits per heavy atom. The minimum Gasteiger partial charge on any atom is -0.325 e. The normalized spacial score (nSPS) is 18.4. The maximum atomic E-state index is 13.0. The van der Waals surface area contributed by atoms with Crippen LogP contribution in [0.4, 0.5) is 17.1 Å². The summed E-state index contributed by atoms with van der Waals surface area (Å²) in [7, 11) is 0. The first kappa shape index (κ1) is 22.0. The molecule has 1 fully saturated rings. The van der Waals surface area contributed by atoms with Crippen molar-refractivity contribution in [1.29, 1.82) is 0 Å². The van der Waals surface area contributed by atoms with Gasteiger partial charge in [-0.2, -0.15) is 0 Å². The lowest BCUT2D eigenvalue weighted by molar-refractivity contribution is -0.384. The fourth-order valence-electron chi connectivity index (χ4n) is 4.73. The Labute approximate surface area is 198 Å². The van der Waals surface area contributed by atoms with Gasteiger partial charge in [-0.1, -0.05) is 48.9 Å². The second kappa shape index (κ2) is 9.57. The summed E-state index contributed by atoms with van der Waals surface area (Å²) in [6, 6.07) is 22.1. The number of hydrogen-bond donors (Lipinski definition) is 1. The van der Waals surface area contributed by atoms with Crippen LogP contribution in [0.1, 0.15) is 41.9 Å². The van der Waals surface area contributed by atoms with E-state index in [0.29, 0.717) is 17.0 Å². The Bertz CT molecular complexity index is 1230. The number of nitro benzene ring substituents is 1. The molecule has 7 heteroatoms. The van der Waals surface area contributed by atoms with Crippen LogP contribution in [0.2, 0.25) is 0 Å². The average molecular weight is 455 g/mol. The van der Waals surface area contributed by atoms with Crippen molar-refractivity contribution in [2.45, 2.75) is 31.7 Å². The summed E-state index contributed by atoms with van der Waals surface area (Å²) in [5.41, 5.74) is 4.47. The Morgan fingerprint density at radius 3 is 2.44 bits per heavy atom. The molecule has 1 saturated heterocycles. The van der Waals surface area contributed by atoms with Crippen LogP contribution in [0, 0.1) is 10.1 Å². The van der Waals surface area contributed by atoms with E-state index in [0.717, 1.165) is 30.9 Å². The number of nitrogens with one attached hydrogen (secondary N) is 1. The third-order valence-corrected chi connectivity index (χ3v) is 6.46. The van der Waals surface area contributed by atoms with Gasteiger partial charge in [-0.15, -0.1) is 0 Å². The summed E-state index contributed by atoms with van der Waals surface area (Å²) in [5, 5.41) is 14.2. The molecule has 7 nitrogen and oxygen atoms in total. The summed E-state index contributed by atoms with van der Waals surface area (Å²) in [4.78, 5) is 31.3. The topological polar surface area (TPSA) is 87.8 Å². The van der Waals surface area contributed by atoms with E-state index in [4.69, 9.17) is 4.99 Å². The van der Waals surface area contributed by atoms with Crippen molar-refractivity contribution in [3.63, 3.8) is 0 Å². The first-order valence-electron chi connectivity index (χ1n) is 11.6. The fraction of sp³-hybridized carbons (Fsp3) is 0.259. The van der Waals surface area contributed by atoms with Gasteiger partial charge in [-0.25, -0.2) is 0 Å². The third-order valence-electron chi connectivity index (χ3n) is 6.46. The molecule has 3 aromatic carbocycles. The first-order chi connectivity index (χ1) is 16.6. The molecule has 2 heterocycles. The van der Waals surface area contributed by atoms with Crippen molar-refractivity contribution < 1.29 is 9.72 Å². The molecule has 0 aliphatic carbocycles. The van der Waals surface area contributed by atoms with E-state index < -0.39 is 10.8 Å². The standard InChI is InChI=1S/C27H26N4O3/c32-27-25(23-17-22(31(33)34)13-14-24(23)29-27)26(20-7-3-1-4-8-20)28-21-11-9-19(10-12-21)18-30-15-5-2-6-16-30/h1,3-4,7-14,17,25H,2,5-6,15-16,18H2,(H,29,32). The van der Waals surface area contributed by atoms with Crippen molar-refractivity contribution in [1.82, 2.24) is 4.90 Å². The zero-order chi connectivity index (χ0) is 23.5. The number of anilines is 1. The van der Waals surface area contributed by atoms with E-state index in [1.807, 2.05) is 42.5 Å². The summed E-state index contributed by atoms with van der Waals surface area (Å²) < 4.78 is 0. The highest BCUT2D eigenvalue weighted by Gasteiger charge is 2.36. The highest BCUT2D eigenvalue weighted by Crippen LogP contribution is 2.38. The van der Waals surface area contributed by atoms with Crippen LogP contribution in [0.3, 0.4) is 0 Å². The van der Waals surface area contributed by atoms with Crippen molar-refractivity contribution in [3.8, 4) is 0 Å². The van der Waals surface area contributed by atoms with E-state index in [9.17, 15) is 14.9 Å². The Morgan fingerprint density at radius 1 is 1.00 bits per heavy atom. The lowest BCUT2D eigenvalue weighted by Gasteiger charge is -2.26. The molecule has 1 amide bonds. The highest BCUT2D eigenvalue weighted by molar-refractivity contribution is 6.24. The van der Waals surface area contributed by atoms with Gasteiger partial charge in [-0.3, -0.25) is 24.8 Å². The van der Waals surface area contributed by atoms with Gasteiger partial charge in [0.2, 0.25) is 5.91 Å². The van der Waals surface area contributed by atoms with Crippen molar-refractivity contribution in [2.24, 2.45) is 4.99 Å². The predicted octanol–water partition coefficient (Wildman–Crippen LogP) is 5.44. The van der Waals surface area contributed by atoms with Crippen LogP contribution in [-0.2, 0) is 11.3 Å². The number of benzene rings is 3. The monoisotopic (exact) mass is 454 g/mol. The van der Waals surface area contributed by atoms with Crippen LogP contribution in [0.5, 0.6) is 0 Å². The molecule has 34 heavy (non-hydrogen) atoms. The molecule has 0 radical (unpaired) electrons. The van der Waals surface area contributed by atoms with E-state index >= 15 is 0 Å². The number of nitrogens with zero attached hydrogens (tertiary/aromatic N) is 3. The number of piperidine rings is 1. The largest absolute Gasteiger partial charge is 0.325 e. The average Bonchev–Trinajstić information content (AvgIpc) is 3.19. The number of hydrogen-bond acceptors (Lipinski definition) is 5. The molecule has 2 aliphatic rings. The lowest BCUT2D eigenvalue weighted by atomic mass is 9.90. The number of aliphatic imine (C=N–C) groups is 1. The van der Waals surface area contributed by atoms with E-state index in [-0.39, 0.29) is 11.6 Å². The molecule has 2 aliphatic heterocycles. The van der Waals surface area contributed by atoms with E-state index in [2.05, 4.69) is 22.3 Å². The van der Waals surface area contributed by atoms with Gasteiger partial charge < -0.3 is 5.32 Å². The van der Waals surface area contributed by atoms with Crippen LogP contribution in [0.15, 0.2) is 77.8 Å². The molecule has 5 rings (SSSR count). The molecule has 0 saturated carbocycles. The number of nitro groups is 1. The molecule has 3 aromatic rings. The predicted molar refractivity (Wildman–Crippen MR) is 133 cm³/mol. The maximum Gasteiger partial charge on any atom is 0.269 e. The van der Waals surface area contributed by atoms with E-state index in [1.165, 1.54) is 37.0 Å². The second-order valence-electron chi connectivity index (χ2n) is 8.82. The van der Waals surface area contributed by atoms with Crippen molar-refractivity contribution in [3.05, 3.63) is 99.6 Å². The van der Waals surface area contributed by atoms with Gasteiger partial charge in [0.25, 0.3) is 5.69 Å².